The summed E-state index contributed by atoms with van der Waals surface area (Å²) in [5.74, 6) is 0.826. The van der Waals surface area contributed by atoms with E-state index in [1.54, 1.807) is 0 Å². The Bertz CT molecular complexity index is 2410. The Kier molecular flexibility index (Phi) is 4.87. The van der Waals surface area contributed by atoms with Crippen LogP contribution in [0.25, 0.3) is 77.2 Å². The average Bonchev–Trinajstić information content (AvgIpc) is 3.64. The molecule has 0 radical (unpaired) electrons. The first-order chi connectivity index (χ1) is 20.8. The Balaban J connectivity index is 1.22. The summed E-state index contributed by atoms with van der Waals surface area (Å²) in [5.41, 5.74) is 7.73. The Morgan fingerprint density at radius 3 is 1.79 bits per heavy atom. The largest absolute Gasteiger partial charge is 0.309 e. The van der Waals surface area contributed by atoms with Gasteiger partial charge in [0.15, 0.2) is 11.5 Å². The molecule has 4 nitrogen and oxygen atoms in total. The van der Waals surface area contributed by atoms with Gasteiger partial charge in [0.25, 0.3) is 0 Å². The molecule has 6 aromatic carbocycles. The van der Waals surface area contributed by atoms with Gasteiger partial charge < -0.3 is 4.57 Å². The Morgan fingerprint density at radius 1 is 0.452 bits per heavy atom. The fraction of sp³-hybridized carbons (Fsp3) is 0. The maximum absolute atomic E-state index is 4.70. The second-order valence-electron chi connectivity index (χ2n) is 10.8. The summed E-state index contributed by atoms with van der Waals surface area (Å²) in [7, 11) is 0. The summed E-state index contributed by atoms with van der Waals surface area (Å²) in [4.78, 5) is 0. The van der Waals surface area contributed by atoms with Gasteiger partial charge in [-0.3, -0.25) is 4.40 Å². The number of fused-ring (bicyclic) bond motifs is 7. The summed E-state index contributed by atoms with van der Waals surface area (Å²) in [5, 5.41) is 16.6. The molecule has 0 spiro atoms. The maximum Gasteiger partial charge on any atom is 0.169 e. The molecular weight excluding hydrogens is 512 g/mol. The van der Waals surface area contributed by atoms with Crippen LogP contribution in [0.1, 0.15) is 0 Å². The molecule has 0 aliphatic carbocycles. The van der Waals surface area contributed by atoms with E-state index in [-0.39, 0.29) is 0 Å². The number of hydrogen-bond donors (Lipinski definition) is 0. The van der Waals surface area contributed by atoms with Gasteiger partial charge in [-0.1, -0.05) is 97.1 Å². The van der Waals surface area contributed by atoms with Gasteiger partial charge in [-0.25, -0.2) is 0 Å². The molecule has 0 saturated carbocycles. The van der Waals surface area contributed by atoms with Gasteiger partial charge in [0.1, 0.15) is 0 Å². The van der Waals surface area contributed by atoms with E-state index in [0.29, 0.717) is 0 Å². The number of para-hydroxylation sites is 2. The fourth-order valence-electron chi connectivity index (χ4n) is 6.45. The van der Waals surface area contributed by atoms with E-state index in [1.165, 1.54) is 43.5 Å². The zero-order chi connectivity index (χ0) is 27.6. The predicted molar refractivity (Wildman–Crippen MR) is 173 cm³/mol. The van der Waals surface area contributed by atoms with Gasteiger partial charge in [-0.05, 0) is 64.2 Å². The van der Waals surface area contributed by atoms with Crippen LogP contribution < -0.4 is 0 Å². The van der Waals surface area contributed by atoms with Gasteiger partial charge in [-0.2, -0.15) is 0 Å². The van der Waals surface area contributed by atoms with E-state index < -0.39 is 0 Å². The van der Waals surface area contributed by atoms with E-state index in [0.717, 1.165) is 33.7 Å². The smallest absolute Gasteiger partial charge is 0.169 e. The minimum absolute atomic E-state index is 0.826. The van der Waals surface area contributed by atoms with Crippen molar-refractivity contribution in [3.63, 3.8) is 0 Å². The van der Waals surface area contributed by atoms with Crippen LogP contribution in [0.2, 0.25) is 0 Å². The van der Waals surface area contributed by atoms with E-state index in [4.69, 9.17) is 5.10 Å². The van der Waals surface area contributed by atoms with Crippen molar-refractivity contribution in [3.05, 3.63) is 146 Å². The summed E-state index contributed by atoms with van der Waals surface area (Å²) in [6, 6.07) is 49.5. The molecule has 0 saturated heterocycles. The quantitative estimate of drug-likeness (QED) is 0.225. The van der Waals surface area contributed by atoms with Crippen LogP contribution in [-0.2, 0) is 0 Å². The van der Waals surface area contributed by atoms with Gasteiger partial charge in [0.05, 0.1) is 11.0 Å². The number of aromatic nitrogens is 4. The zero-order valence-corrected chi connectivity index (χ0v) is 22.6. The third kappa shape index (κ3) is 3.36. The lowest BCUT2D eigenvalue weighted by Crippen LogP contribution is -1.96. The summed E-state index contributed by atoms with van der Waals surface area (Å²) in [6.45, 7) is 0. The molecule has 0 aliphatic heterocycles. The Hall–Kier alpha value is -5.74. The Morgan fingerprint density at radius 2 is 1.05 bits per heavy atom. The second-order valence-corrected chi connectivity index (χ2v) is 10.8. The minimum atomic E-state index is 0.826. The molecule has 4 heteroatoms. The lowest BCUT2D eigenvalue weighted by atomic mass is 9.98. The highest BCUT2D eigenvalue weighted by atomic mass is 15.2. The molecule has 196 valence electrons. The van der Waals surface area contributed by atoms with Crippen LogP contribution in [-0.4, -0.2) is 19.2 Å². The second kappa shape index (κ2) is 8.88. The maximum atomic E-state index is 4.70. The lowest BCUT2D eigenvalue weighted by molar-refractivity contribution is 1.11. The topological polar surface area (TPSA) is 35.1 Å². The molecule has 0 aliphatic rings. The molecule has 0 amide bonds. The molecule has 0 atom stereocenters. The zero-order valence-electron chi connectivity index (χ0n) is 22.6. The van der Waals surface area contributed by atoms with Gasteiger partial charge in [0.2, 0.25) is 0 Å². The highest BCUT2D eigenvalue weighted by Crippen LogP contribution is 2.35. The Labute approximate surface area is 241 Å². The van der Waals surface area contributed by atoms with Crippen LogP contribution in [0.3, 0.4) is 0 Å². The monoisotopic (exact) mass is 536 g/mol. The molecule has 3 aromatic heterocycles. The van der Waals surface area contributed by atoms with Crippen molar-refractivity contribution in [1.82, 2.24) is 19.2 Å². The van der Waals surface area contributed by atoms with E-state index in [9.17, 15) is 0 Å². The molecule has 0 N–H and O–H groups in total. The number of pyridine rings is 1. The molecule has 42 heavy (non-hydrogen) atoms. The van der Waals surface area contributed by atoms with Crippen LogP contribution in [0.5, 0.6) is 0 Å². The molecule has 9 rings (SSSR count). The van der Waals surface area contributed by atoms with Crippen molar-refractivity contribution >= 4 is 49.0 Å². The SMILES string of the molecule is c1ccc2cc(-c3cn4c(-c5ccc(-n6c7ccccc7c7ccccc76)cc5)nnc4c4ccccc34)ccc2c1. The van der Waals surface area contributed by atoms with Gasteiger partial charge in [-0.15, -0.1) is 10.2 Å². The van der Waals surface area contributed by atoms with E-state index in [2.05, 4.69) is 160 Å². The van der Waals surface area contributed by atoms with Gasteiger partial charge in [0, 0.05) is 39.2 Å². The van der Waals surface area contributed by atoms with Crippen molar-refractivity contribution in [2.75, 3.05) is 0 Å². The molecular formula is C38H24N4. The summed E-state index contributed by atoms with van der Waals surface area (Å²) < 4.78 is 4.48. The van der Waals surface area contributed by atoms with Crippen LogP contribution in [0, 0.1) is 0 Å². The van der Waals surface area contributed by atoms with Crippen molar-refractivity contribution < 1.29 is 0 Å². The summed E-state index contributed by atoms with van der Waals surface area (Å²) >= 11 is 0. The molecule has 0 bridgehead atoms. The average molecular weight is 537 g/mol. The summed E-state index contributed by atoms with van der Waals surface area (Å²) in [6.07, 6.45) is 2.19. The van der Waals surface area contributed by atoms with Crippen molar-refractivity contribution in [3.8, 4) is 28.2 Å². The highest BCUT2D eigenvalue weighted by molar-refractivity contribution is 6.09. The molecule has 0 fully saturated rings. The first-order valence-electron chi connectivity index (χ1n) is 14.2. The van der Waals surface area contributed by atoms with Crippen LogP contribution in [0.15, 0.2) is 146 Å². The third-order valence-corrected chi connectivity index (χ3v) is 8.44. The van der Waals surface area contributed by atoms with E-state index in [1.807, 2.05) is 0 Å². The van der Waals surface area contributed by atoms with Crippen molar-refractivity contribution in [1.29, 1.82) is 0 Å². The number of rotatable bonds is 3. The standard InChI is InChI=1S/C38H24N4/c1-2-10-27-23-28(18-17-25(27)9-1)34-24-41-37(39-40-38(41)33-14-4-3-11-30(33)34)26-19-21-29(22-20-26)42-35-15-7-5-12-31(35)32-13-6-8-16-36(32)42/h1-24H. The molecule has 3 heterocycles. The lowest BCUT2D eigenvalue weighted by Gasteiger charge is -2.12. The first kappa shape index (κ1) is 23.0. The first-order valence-corrected chi connectivity index (χ1v) is 14.2. The predicted octanol–water partition coefficient (Wildman–Crippen LogP) is 9.47. The number of hydrogen-bond acceptors (Lipinski definition) is 2. The molecule has 9 aromatic rings. The van der Waals surface area contributed by atoms with E-state index >= 15 is 0 Å². The van der Waals surface area contributed by atoms with Crippen molar-refractivity contribution in [2.24, 2.45) is 0 Å². The van der Waals surface area contributed by atoms with Crippen LogP contribution in [0.4, 0.5) is 0 Å². The third-order valence-electron chi connectivity index (χ3n) is 8.44. The molecule has 0 unspecified atom stereocenters. The highest BCUT2D eigenvalue weighted by Gasteiger charge is 2.16. The normalized spacial score (nSPS) is 11.8. The number of nitrogens with zero attached hydrogens (tertiary/aromatic N) is 4. The van der Waals surface area contributed by atoms with Crippen molar-refractivity contribution in [2.45, 2.75) is 0 Å². The minimum Gasteiger partial charge on any atom is -0.309 e. The van der Waals surface area contributed by atoms with Gasteiger partial charge >= 0.3 is 0 Å². The number of benzene rings is 6. The fourth-order valence-corrected chi connectivity index (χ4v) is 6.45. The van der Waals surface area contributed by atoms with Crippen LogP contribution >= 0.6 is 0 Å².